The van der Waals surface area contributed by atoms with E-state index in [1.807, 2.05) is 0 Å². The van der Waals surface area contributed by atoms with Crippen molar-refractivity contribution in [1.82, 2.24) is 0 Å². The Morgan fingerprint density at radius 2 is 1.80 bits per heavy atom. The third-order valence-electron chi connectivity index (χ3n) is 2.72. The fourth-order valence-corrected chi connectivity index (χ4v) is 1.97. The number of hydrogen-bond acceptors (Lipinski definition) is 2. The number of halogens is 3. The number of carbonyl (C=O) groups excluding carboxylic acids is 1. The van der Waals surface area contributed by atoms with E-state index in [2.05, 4.69) is 5.32 Å². The first-order chi connectivity index (χ1) is 9.47. The highest BCUT2D eigenvalue weighted by molar-refractivity contribution is 6.31. The molecule has 0 aliphatic heterocycles. The summed E-state index contributed by atoms with van der Waals surface area (Å²) in [6.45, 7) is 0. The minimum Gasteiger partial charge on any atom is -0.370 e. The van der Waals surface area contributed by atoms with Crippen molar-refractivity contribution in [2.24, 2.45) is 5.73 Å². The van der Waals surface area contributed by atoms with Crippen LogP contribution < -0.4 is 11.1 Å². The van der Waals surface area contributed by atoms with Gasteiger partial charge in [-0.25, -0.2) is 4.39 Å². The second kappa shape index (κ2) is 6.11. The first-order valence-corrected chi connectivity index (χ1v) is 6.49. The summed E-state index contributed by atoms with van der Waals surface area (Å²) >= 11 is 11.4. The molecule has 0 radical (unpaired) electrons. The third-order valence-corrected chi connectivity index (χ3v) is 3.28. The molecule has 2 aromatic carbocycles. The average Bonchev–Trinajstić information content (AvgIpc) is 2.41. The van der Waals surface area contributed by atoms with Crippen LogP contribution in [-0.4, -0.2) is 5.91 Å². The smallest absolute Gasteiger partial charge is 0.244 e. The van der Waals surface area contributed by atoms with Crippen LogP contribution in [0, 0.1) is 5.82 Å². The molecule has 2 rings (SSSR count). The zero-order valence-electron chi connectivity index (χ0n) is 10.2. The standard InChI is InChI=1S/C14H11Cl2FN2O/c15-9-2-4-10(5-3-9)19-13(14(18)20)8-1-6-11(16)12(17)7-8/h1-7,13,19H,(H2,18,20). The molecule has 20 heavy (non-hydrogen) atoms. The molecule has 0 saturated carbocycles. The van der Waals surface area contributed by atoms with Gasteiger partial charge in [0.25, 0.3) is 0 Å². The number of benzene rings is 2. The van der Waals surface area contributed by atoms with Crippen LogP contribution in [-0.2, 0) is 4.79 Å². The van der Waals surface area contributed by atoms with Crippen LogP contribution in [0.2, 0.25) is 10.0 Å². The summed E-state index contributed by atoms with van der Waals surface area (Å²) in [7, 11) is 0. The molecule has 0 aliphatic carbocycles. The van der Waals surface area contributed by atoms with Gasteiger partial charge in [0.15, 0.2) is 0 Å². The molecule has 0 saturated heterocycles. The van der Waals surface area contributed by atoms with Crippen LogP contribution in [0.15, 0.2) is 42.5 Å². The van der Waals surface area contributed by atoms with Gasteiger partial charge in [0.1, 0.15) is 11.9 Å². The number of nitrogens with one attached hydrogen (secondary N) is 1. The van der Waals surface area contributed by atoms with Gasteiger partial charge in [0.2, 0.25) is 5.91 Å². The number of nitrogens with two attached hydrogens (primary N) is 1. The number of rotatable bonds is 4. The van der Waals surface area contributed by atoms with E-state index in [0.717, 1.165) is 0 Å². The fraction of sp³-hybridized carbons (Fsp3) is 0.0714. The summed E-state index contributed by atoms with van der Waals surface area (Å²) < 4.78 is 13.5. The molecule has 3 N–H and O–H groups in total. The van der Waals surface area contributed by atoms with Crippen molar-refractivity contribution in [3.63, 3.8) is 0 Å². The Hall–Kier alpha value is -1.78. The van der Waals surface area contributed by atoms with Crippen molar-refractivity contribution >= 4 is 34.8 Å². The molecular weight excluding hydrogens is 302 g/mol. The van der Waals surface area contributed by atoms with E-state index in [0.29, 0.717) is 16.3 Å². The van der Waals surface area contributed by atoms with E-state index in [1.165, 1.54) is 12.1 Å². The predicted molar refractivity (Wildman–Crippen MR) is 78.4 cm³/mol. The Morgan fingerprint density at radius 1 is 1.15 bits per heavy atom. The van der Waals surface area contributed by atoms with E-state index in [4.69, 9.17) is 28.9 Å². The number of primary amides is 1. The topological polar surface area (TPSA) is 55.1 Å². The number of anilines is 1. The zero-order valence-corrected chi connectivity index (χ0v) is 11.8. The molecule has 0 bridgehead atoms. The Balaban J connectivity index is 2.29. The zero-order chi connectivity index (χ0) is 14.7. The SMILES string of the molecule is NC(=O)C(Nc1ccc(Cl)cc1)c1ccc(Cl)c(F)c1. The second-order valence-corrected chi connectivity index (χ2v) is 5.00. The van der Waals surface area contributed by atoms with Crippen LogP contribution >= 0.6 is 23.2 Å². The third kappa shape index (κ3) is 3.40. The van der Waals surface area contributed by atoms with Gasteiger partial charge in [-0.2, -0.15) is 0 Å². The van der Waals surface area contributed by atoms with E-state index in [1.54, 1.807) is 30.3 Å². The molecular formula is C14H11Cl2FN2O. The van der Waals surface area contributed by atoms with Crippen molar-refractivity contribution in [2.75, 3.05) is 5.32 Å². The van der Waals surface area contributed by atoms with Crippen LogP contribution in [0.5, 0.6) is 0 Å². The minimum absolute atomic E-state index is 0.0107. The van der Waals surface area contributed by atoms with Crippen molar-refractivity contribution in [3.8, 4) is 0 Å². The summed E-state index contributed by atoms with van der Waals surface area (Å²) in [6, 6.07) is 9.99. The van der Waals surface area contributed by atoms with Gasteiger partial charge >= 0.3 is 0 Å². The maximum atomic E-state index is 13.5. The van der Waals surface area contributed by atoms with Crippen molar-refractivity contribution in [1.29, 1.82) is 0 Å². The predicted octanol–water partition coefficient (Wildman–Crippen LogP) is 3.77. The first kappa shape index (κ1) is 14.6. The molecule has 2 aromatic rings. The van der Waals surface area contributed by atoms with Crippen molar-refractivity contribution in [3.05, 3.63) is 63.9 Å². The molecule has 0 spiro atoms. The molecule has 104 valence electrons. The lowest BCUT2D eigenvalue weighted by molar-refractivity contribution is -0.118. The summed E-state index contributed by atoms with van der Waals surface area (Å²) in [5, 5.41) is 3.49. The first-order valence-electron chi connectivity index (χ1n) is 5.74. The summed E-state index contributed by atoms with van der Waals surface area (Å²) in [5.41, 5.74) is 6.40. The van der Waals surface area contributed by atoms with Gasteiger partial charge in [-0.15, -0.1) is 0 Å². The molecule has 0 heterocycles. The van der Waals surface area contributed by atoms with Crippen LogP contribution in [0.3, 0.4) is 0 Å². The summed E-state index contributed by atoms with van der Waals surface area (Å²) in [5.74, 6) is -1.23. The highest BCUT2D eigenvalue weighted by atomic mass is 35.5. The Bertz CT molecular complexity index is 632. The van der Waals surface area contributed by atoms with Crippen molar-refractivity contribution < 1.29 is 9.18 Å². The molecule has 6 heteroatoms. The lowest BCUT2D eigenvalue weighted by Gasteiger charge is -2.17. The van der Waals surface area contributed by atoms with E-state index < -0.39 is 17.8 Å². The molecule has 1 unspecified atom stereocenters. The van der Waals surface area contributed by atoms with E-state index >= 15 is 0 Å². The van der Waals surface area contributed by atoms with Gasteiger partial charge in [-0.1, -0.05) is 29.3 Å². The largest absolute Gasteiger partial charge is 0.370 e. The monoisotopic (exact) mass is 312 g/mol. The molecule has 1 atom stereocenters. The van der Waals surface area contributed by atoms with Crippen molar-refractivity contribution in [2.45, 2.75) is 6.04 Å². The quantitative estimate of drug-likeness (QED) is 0.903. The number of carbonyl (C=O) groups is 1. The van der Waals surface area contributed by atoms with Gasteiger partial charge in [-0.3, -0.25) is 4.79 Å². The molecule has 0 aliphatic rings. The maximum Gasteiger partial charge on any atom is 0.244 e. The van der Waals surface area contributed by atoms with Gasteiger partial charge in [0.05, 0.1) is 5.02 Å². The van der Waals surface area contributed by atoms with E-state index in [-0.39, 0.29) is 5.02 Å². The summed E-state index contributed by atoms with van der Waals surface area (Å²) in [4.78, 5) is 11.5. The molecule has 3 nitrogen and oxygen atoms in total. The van der Waals surface area contributed by atoms with Gasteiger partial charge in [0, 0.05) is 10.7 Å². The Labute approximate surface area is 125 Å². The van der Waals surface area contributed by atoms with Gasteiger partial charge in [-0.05, 0) is 42.0 Å². The van der Waals surface area contributed by atoms with E-state index in [9.17, 15) is 9.18 Å². The number of hydrogen-bond donors (Lipinski definition) is 2. The molecule has 0 aromatic heterocycles. The maximum absolute atomic E-state index is 13.5. The van der Waals surface area contributed by atoms with Gasteiger partial charge < -0.3 is 11.1 Å². The fourth-order valence-electron chi connectivity index (χ4n) is 1.72. The highest BCUT2D eigenvalue weighted by Gasteiger charge is 2.18. The number of amides is 1. The lowest BCUT2D eigenvalue weighted by atomic mass is 10.1. The Morgan fingerprint density at radius 3 is 2.35 bits per heavy atom. The highest BCUT2D eigenvalue weighted by Crippen LogP contribution is 2.24. The minimum atomic E-state index is -0.858. The molecule has 1 amide bonds. The molecule has 0 fully saturated rings. The van der Waals surface area contributed by atoms with Crippen LogP contribution in [0.1, 0.15) is 11.6 Å². The van der Waals surface area contributed by atoms with Crippen LogP contribution in [0.4, 0.5) is 10.1 Å². The average molecular weight is 313 g/mol. The lowest BCUT2D eigenvalue weighted by Crippen LogP contribution is -2.27. The normalized spacial score (nSPS) is 11.9. The Kier molecular flexibility index (Phi) is 4.47. The summed E-state index contributed by atoms with van der Waals surface area (Å²) in [6.07, 6.45) is 0. The van der Waals surface area contributed by atoms with Crippen LogP contribution in [0.25, 0.3) is 0 Å². The second-order valence-electron chi connectivity index (χ2n) is 4.16.